The molecule has 2 amide bonds. The van der Waals surface area contributed by atoms with Gasteiger partial charge in [-0.2, -0.15) is 0 Å². The summed E-state index contributed by atoms with van der Waals surface area (Å²) < 4.78 is 16.6. The van der Waals surface area contributed by atoms with Gasteiger partial charge in [-0.05, 0) is 52.4 Å². The molecule has 8 heteroatoms. The predicted molar refractivity (Wildman–Crippen MR) is 105 cm³/mol. The molecule has 3 aliphatic rings. The first-order valence-corrected chi connectivity index (χ1v) is 10.7. The van der Waals surface area contributed by atoms with Gasteiger partial charge in [0.2, 0.25) is 5.91 Å². The molecule has 0 spiro atoms. The molecule has 0 aliphatic carbocycles. The molecule has 4 rings (SSSR count). The van der Waals surface area contributed by atoms with Gasteiger partial charge in [-0.15, -0.1) is 0 Å². The minimum absolute atomic E-state index is 0.00251. The normalized spacial score (nSPS) is 27.5. The van der Waals surface area contributed by atoms with Gasteiger partial charge >= 0.3 is 0 Å². The van der Waals surface area contributed by atoms with Gasteiger partial charge in [0.15, 0.2) is 0 Å². The van der Waals surface area contributed by atoms with Crippen LogP contribution in [0.1, 0.15) is 60.3 Å². The lowest BCUT2D eigenvalue weighted by Gasteiger charge is -2.41. The van der Waals surface area contributed by atoms with E-state index in [0.717, 1.165) is 38.5 Å². The van der Waals surface area contributed by atoms with Crippen molar-refractivity contribution in [3.8, 4) is 0 Å². The number of amides is 2. The van der Waals surface area contributed by atoms with Gasteiger partial charge in [-0.3, -0.25) is 9.59 Å². The van der Waals surface area contributed by atoms with Crippen molar-refractivity contribution in [2.75, 3.05) is 26.8 Å². The Morgan fingerprint density at radius 2 is 1.72 bits per heavy atom. The van der Waals surface area contributed by atoms with Crippen molar-refractivity contribution >= 4 is 11.8 Å². The number of ether oxygens (including phenoxy) is 2. The number of hydrogen-bond donors (Lipinski definition) is 0. The maximum Gasteiger partial charge on any atom is 0.259 e. The van der Waals surface area contributed by atoms with Crippen LogP contribution in [0.4, 0.5) is 0 Å². The van der Waals surface area contributed by atoms with Gasteiger partial charge in [0, 0.05) is 32.3 Å². The lowest BCUT2D eigenvalue weighted by Crippen LogP contribution is -2.51. The Bertz CT molecular complexity index is 722. The Morgan fingerprint density at radius 1 is 1.07 bits per heavy atom. The van der Waals surface area contributed by atoms with Crippen molar-refractivity contribution in [1.29, 1.82) is 0 Å². The molecule has 0 radical (unpaired) electrons. The molecule has 160 valence electrons. The van der Waals surface area contributed by atoms with E-state index in [1.54, 1.807) is 21.0 Å². The number of carbonyl (C=O) groups is 2. The van der Waals surface area contributed by atoms with Crippen LogP contribution in [0.5, 0.6) is 0 Å². The summed E-state index contributed by atoms with van der Waals surface area (Å²) in [6, 6.07) is 0.560. The fourth-order valence-corrected chi connectivity index (χ4v) is 5.26. The second-order valence-electron chi connectivity index (χ2n) is 8.54. The van der Waals surface area contributed by atoms with Crippen LogP contribution < -0.4 is 0 Å². The Morgan fingerprint density at radius 3 is 2.28 bits per heavy atom. The molecule has 0 saturated carbocycles. The van der Waals surface area contributed by atoms with Crippen LogP contribution in [0.3, 0.4) is 0 Å². The van der Waals surface area contributed by atoms with E-state index in [-0.39, 0.29) is 42.7 Å². The Labute approximate surface area is 171 Å². The monoisotopic (exact) mass is 405 g/mol. The molecule has 1 aromatic rings. The first-order valence-electron chi connectivity index (χ1n) is 10.7. The van der Waals surface area contributed by atoms with Gasteiger partial charge < -0.3 is 23.8 Å². The lowest BCUT2D eigenvalue weighted by atomic mass is 9.98. The zero-order valence-corrected chi connectivity index (χ0v) is 17.6. The highest BCUT2D eigenvalue weighted by Gasteiger charge is 2.44. The van der Waals surface area contributed by atoms with Crippen molar-refractivity contribution in [3.05, 3.63) is 17.0 Å². The zero-order valence-electron chi connectivity index (χ0n) is 17.6. The lowest BCUT2D eigenvalue weighted by molar-refractivity contribution is -0.144. The number of aryl methyl sites for hydroxylation is 2. The summed E-state index contributed by atoms with van der Waals surface area (Å²) >= 11 is 0. The van der Waals surface area contributed by atoms with E-state index >= 15 is 0 Å². The number of rotatable bonds is 5. The molecule has 0 N–H and O–H groups in total. The number of methoxy groups -OCH3 is 1. The summed E-state index contributed by atoms with van der Waals surface area (Å²) in [5.41, 5.74) is 1.24. The zero-order chi connectivity index (χ0) is 20.5. The van der Waals surface area contributed by atoms with Gasteiger partial charge in [-0.1, -0.05) is 5.16 Å². The highest BCUT2D eigenvalue weighted by Crippen LogP contribution is 2.38. The number of nitrogens with zero attached hydrogens (tertiary/aromatic N) is 3. The van der Waals surface area contributed by atoms with Gasteiger partial charge in [-0.25, -0.2) is 0 Å². The maximum atomic E-state index is 12.8. The smallest absolute Gasteiger partial charge is 0.259 e. The fraction of sp³-hybridized carbons (Fsp3) is 0.762. The number of hydrogen-bond acceptors (Lipinski definition) is 6. The van der Waals surface area contributed by atoms with Gasteiger partial charge in [0.05, 0.1) is 17.9 Å². The van der Waals surface area contributed by atoms with Crippen LogP contribution in [-0.4, -0.2) is 77.9 Å². The average molecular weight is 405 g/mol. The molecule has 29 heavy (non-hydrogen) atoms. The Kier molecular flexibility index (Phi) is 5.92. The molecule has 2 bridgehead atoms. The molecule has 4 heterocycles. The average Bonchev–Trinajstić information content (AvgIpc) is 3.18. The SMILES string of the molecule is COCC(=O)N1[C@@H]2CC[C@H]1CC(OC1CCN(C(=O)c3c(C)noc3C)CC1)C2. The van der Waals surface area contributed by atoms with Crippen molar-refractivity contribution in [1.82, 2.24) is 15.0 Å². The summed E-state index contributed by atoms with van der Waals surface area (Å²) in [4.78, 5) is 29.0. The molecule has 0 aromatic carbocycles. The van der Waals surface area contributed by atoms with E-state index < -0.39 is 0 Å². The molecular formula is C21H31N3O5. The number of piperidine rings is 2. The standard InChI is InChI=1S/C21H31N3O5/c1-13-20(14(2)29-22-13)21(26)23-8-6-17(7-9-23)28-18-10-15-4-5-16(11-18)24(15)19(25)12-27-3/h15-18H,4-12H2,1-3H3/t15-,16+,18?. The predicted octanol–water partition coefficient (Wildman–Crippen LogP) is 2.08. The first-order chi connectivity index (χ1) is 14.0. The van der Waals surface area contributed by atoms with Crippen LogP contribution in [0.15, 0.2) is 4.52 Å². The number of fused-ring (bicyclic) bond motifs is 2. The van der Waals surface area contributed by atoms with Gasteiger partial charge in [0.25, 0.3) is 5.91 Å². The highest BCUT2D eigenvalue weighted by atomic mass is 16.5. The quantitative estimate of drug-likeness (QED) is 0.746. The third-order valence-electron chi connectivity index (χ3n) is 6.61. The van der Waals surface area contributed by atoms with E-state index in [2.05, 4.69) is 5.16 Å². The second kappa shape index (κ2) is 8.44. The fourth-order valence-electron chi connectivity index (χ4n) is 5.26. The van der Waals surface area contributed by atoms with Crippen molar-refractivity contribution in [3.63, 3.8) is 0 Å². The summed E-state index contributed by atoms with van der Waals surface area (Å²) in [6.45, 7) is 5.12. The molecular weight excluding hydrogens is 374 g/mol. The van der Waals surface area contributed by atoms with Crippen LogP contribution >= 0.6 is 0 Å². The minimum atomic E-state index is 0.00251. The number of likely N-dealkylation sites (tertiary alicyclic amines) is 1. The van der Waals surface area contributed by atoms with E-state index in [0.29, 0.717) is 30.1 Å². The Balaban J connectivity index is 1.28. The largest absolute Gasteiger partial charge is 0.375 e. The third kappa shape index (κ3) is 4.05. The van der Waals surface area contributed by atoms with Gasteiger partial charge in [0.1, 0.15) is 17.9 Å². The summed E-state index contributed by atoms with van der Waals surface area (Å²) in [5.74, 6) is 0.684. The Hall–Kier alpha value is -1.93. The van der Waals surface area contributed by atoms with Crippen molar-refractivity contribution < 1.29 is 23.6 Å². The maximum absolute atomic E-state index is 12.8. The summed E-state index contributed by atoms with van der Waals surface area (Å²) in [5, 5.41) is 3.89. The summed E-state index contributed by atoms with van der Waals surface area (Å²) in [7, 11) is 1.57. The molecule has 8 nitrogen and oxygen atoms in total. The van der Waals surface area contributed by atoms with Crippen LogP contribution in [0, 0.1) is 13.8 Å². The second-order valence-corrected chi connectivity index (χ2v) is 8.54. The topological polar surface area (TPSA) is 85.1 Å². The van der Waals surface area contributed by atoms with Crippen LogP contribution in [0.25, 0.3) is 0 Å². The van der Waals surface area contributed by atoms with Crippen LogP contribution in [-0.2, 0) is 14.3 Å². The molecule has 1 aromatic heterocycles. The molecule has 3 fully saturated rings. The number of carbonyl (C=O) groups excluding carboxylic acids is 2. The van der Waals surface area contributed by atoms with E-state index in [9.17, 15) is 9.59 Å². The van der Waals surface area contributed by atoms with Crippen molar-refractivity contribution in [2.24, 2.45) is 0 Å². The highest BCUT2D eigenvalue weighted by molar-refractivity contribution is 5.96. The number of aromatic nitrogens is 1. The van der Waals surface area contributed by atoms with Crippen LogP contribution in [0.2, 0.25) is 0 Å². The minimum Gasteiger partial charge on any atom is -0.375 e. The van der Waals surface area contributed by atoms with E-state index in [4.69, 9.17) is 14.0 Å². The molecule has 3 aliphatic heterocycles. The van der Waals surface area contributed by atoms with Crippen molar-refractivity contribution in [2.45, 2.75) is 76.7 Å². The summed E-state index contributed by atoms with van der Waals surface area (Å²) in [6.07, 6.45) is 5.99. The van der Waals surface area contributed by atoms with E-state index in [1.165, 1.54) is 0 Å². The molecule has 3 saturated heterocycles. The third-order valence-corrected chi connectivity index (χ3v) is 6.61. The molecule has 1 unspecified atom stereocenters. The molecule has 3 atom stereocenters. The van der Waals surface area contributed by atoms with E-state index in [1.807, 2.05) is 9.80 Å². The first kappa shape index (κ1) is 20.3.